The van der Waals surface area contributed by atoms with Crippen LogP contribution in [0.1, 0.15) is 31.2 Å². The van der Waals surface area contributed by atoms with E-state index in [4.69, 9.17) is 0 Å². The molecule has 2 fully saturated rings. The number of hydrogen-bond acceptors (Lipinski definition) is 3. The van der Waals surface area contributed by atoms with Crippen LogP contribution in [0, 0.1) is 5.82 Å². The van der Waals surface area contributed by atoms with Crippen LogP contribution in [0.25, 0.3) is 5.69 Å². The van der Waals surface area contributed by atoms with Gasteiger partial charge >= 0.3 is 0 Å². The quantitative estimate of drug-likeness (QED) is 0.940. The molecule has 1 N–H and O–H groups in total. The van der Waals surface area contributed by atoms with Crippen molar-refractivity contribution in [3.63, 3.8) is 0 Å². The smallest absolute Gasteiger partial charge is 0.240 e. The van der Waals surface area contributed by atoms with Gasteiger partial charge in [-0.2, -0.15) is 5.10 Å². The molecule has 2 aliphatic heterocycles. The number of nitrogens with one attached hydrogen (secondary N) is 1. The minimum Gasteiger partial charge on any atom is -0.354 e. The highest BCUT2D eigenvalue weighted by Crippen LogP contribution is 2.36. The van der Waals surface area contributed by atoms with Crippen LogP contribution in [0.5, 0.6) is 0 Å². The predicted octanol–water partition coefficient (Wildman–Crippen LogP) is 2.26. The van der Waals surface area contributed by atoms with Crippen LogP contribution >= 0.6 is 0 Å². The van der Waals surface area contributed by atoms with Crippen molar-refractivity contribution in [1.82, 2.24) is 20.0 Å². The van der Waals surface area contributed by atoms with Crippen LogP contribution in [-0.4, -0.2) is 39.2 Å². The molecular weight excluding hydrogens is 307 g/mol. The van der Waals surface area contributed by atoms with Gasteiger partial charge in [0.15, 0.2) is 0 Å². The second-order valence-electron chi connectivity index (χ2n) is 6.66. The highest BCUT2D eigenvalue weighted by Gasteiger charge is 2.48. The Balaban J connectivity index is 1.56. The Morgan fingerprint density at radius 2 is 2.08 bits per heavy atom. The van der Waals surface area contributed by atoms with Crippen LogP contribution in [0.4, 0.5) is 4.39 Å². The van der Waals surface area contributed by atoms with Crippen molar-refractivity contribution in [1.29, 1.82) is 0 Å². The molecule has 0 saturated carbocycles. The zero-order valence-corrected chi connectivity index (χ0v) is 13.5. The number of carbonyl (C=O) groups excluding carboxylic acids is 1. The Bertz CT molecular complexity index is 759. The maximum atomic E-state index is 13.9. The highest BCUT2D eigenvalue weighted by molar-refractivity contribution is 5.87. The van der Waals surface area contributed by atoms with E-state index in [1.807, 2.05) is 6.20 Å². The summed E-state index contributed by atoms with van der Waals surface area (Å²) in [4.78, 5) is 14.7. The van der Waals surface area contributed by atoms with Crippen LogP contribution in [-0.2, 0) is 11.3 Å². The number of benzene rings is 1. The third kappa shape index (κ3) is 2.51. The first kappa shape index (κ1) is 15.3. The Hall–Kier alpha value is -2.21. The SMILES string of the molecule is O=C1NCCCC12CCCN2Cc1cnn(-c2ccccc2F)c1. The van der Waals surface area contributed by atoms with Crippen LogP contribution in [0.3, 0.4) is 0 Å². The molecule has 2 aromatic rings. The maximum Gasteiger partial charge on any atom is 0.240 e. The molecule has 1 spiro atoms. The number of hydrogen-bond donors (Lipinski definition) is 1. The number of nitrogens with zero attached hydrogens (tertiary/aromatic N) is 3. The number of likely N-dealkylation sites (tertiary alicyclic amines) is 1. The summed E-state index contributed by atoms with van der Waals surface area (Å²) in [5.74, 6) is -0.135. The molecule has 126 valence electrons. The van der Waals surface area contributed by atoms with E-state index < -0.39 is 0 Å². The summed E-state index contributed by atoms with van der Waals surface area (Å²) in [7, 11) is 0. The molecule has 6 heteroatoms. The Labute approximate surface area is 140 Å². The molecule has 0 radical (unpaired) electrons. The van der Waals surface area contributed by atoms with Gasteiger partial charge in [-0.25, -0.2) is 9.07 Å². The molecule has 5 nitrogen and oxygen atoms in total. The molecule has 1 unspecified atom stereocenters. The second kappa shape index (κ2) is 6.02. The molecule has 1 atom stereocenters. The number of rotatable bonds is 3. The van der Waals surface area contributed by atoms with Gasteiger partial charge in [-0.3, -0.25) is 9.69 Å². The fourth-order valence-electron chi connectivity index (χ4n) is 4.00. The molecule has 1 aromatic carbocycles. The lowest BCUT2D eigenvalue weighted by Gasteiger charge is -2.40. The fraction of sp³-hybridized carbons (Fsp3) is 0.444. The molecule has 2 aliphatic rings. The van der Waals surface area contributed by atoms with E-state index in [1.165, 1.54) is 6.07 Å². The number of carbonyl (C=O) groups is 1. The second-order valence-corrected chi connectivity index (χ2v) is 6.66. The normalized spacial score (nSPS) is 24.5. The molecular formula is C18H21FN4O. The topological polar surface area (TPSA) is 50.2 Å². The van der Waals surface area contributed by atoms with Gasteiger partial charge in [0.05, 0.1) is 6.20 Å². The number of aromatic nitrogens is 2. The molecule has 2 saturated heterocycles. The lowest BCUT2D eigenvalue weighted by atomic mass is 9.86. The van der Waals surface area contributed by atoms with Crippen molar-refractivity contribution in [3.8, 4) is 5.69 Å². The molecule has 3 heterocycles. The number of piperidine rings is 1. The van der Waals surface area contributed by atoms with Crippen LogP contribution < -0.4 is 5.32 Å². The zero-order chi connectivity index (χ0) is 16.6. The maximum absolute atomic E-state index is 13.9. The first-order valence-corrected chi connectivity index (χ1v) is 8.51. The van der Waals surface area contributed by atoms with E-state index in [-0.39, 0.29) is 17.3 Å². The van der Waals surface area contributed by atoms with Gasteiger partial charge < -0.3 is 5.32 Å². The van der Waals surface area contributed by atoms with Crippen LogP contribution in [0.2, 0.25) is 0 Å². The van der Waals surface area contributed by atoms with Gasteiger partial charge in [0.25, 0.3) is 0 Å². The lowest BCUT2D eigenvalue weighted by Crippen LogP contribution is -2.58. The predicted molar refractivity (Wildman–Crippen MR) is 88.1 cm³/mol. The number of para-hydroxylation sites is 1. The molecule has 1 aromatic heterocycles. The first-order chi connectivity index (χ1) is 11.7. The number of amides is 1. The first-order valence-electron chi connectivity index (χ1n) is 8.51. The van der Waals surface area contributed by atoms with E-state index in [2.05, 4.69) is 15.3 Å². The van der Waals surface area contributed by atoms with E-state index in [0.29, 0.717) is 12.2 Å². The fourth-order valence-corrected chi connectivity index (χ4v) is 4.00. The standard InChI is InChI=1S/C18H21FN4O/c19-15-5-1-2-6-16(15)23-13-14(11-21-23)12-22-10-4-8-18(22)7-3-9-20-17(18)24/h1-2,5-6,11,13H,3-4,7-10,12H2,(H,20,24). The van der Waals surface area contributed by atoms with Gasteiger partial charge in [0.1, 0.15) is 17.0 Å². The van der Waals surface area contributed by atoms with Crippen molar-refractivity contribution < 1.29 is 9.18 Å². The minimum atomic E-state index is -0.363. The molecule has 1 amide bonds. The van der Waals surface area contributed by atoms with Crippen molar-refractivity contribution in [2.75, 3.05) is 13.1 Å². The molecule has 0 bridgehead atoms. The van der Waals surface area contributed by atoms with Gasteiger partial charge in [-0.15, -0.1) is 0 Å². The van der Waals surface area contributed by atoms with E-state index in [0.717, 1.165) is 44.3 Å². The summed E-state index contributed by atoms with van der Waals surface area (Å²) >= 11 is 0. The summed E-state index contributed by atoms with van der Waals surface area (Å²) < 4.78 is 15.5. The average molecular weight is 328 g/mol. The minimum absolute atomic E-state index is 0.160. The Morgan fingerprint density at radius 1 is 1.25 bits per heavy atom. The van der Waals surface area contributed by atoms with E-state index in [1.54, 1.807) is 29.1 Å². The van der Waals surface area contributed by atoms with Gasteiger partial charge in [0, 0.05) is 24.8 Å². The van der Waals surface area contributed by atoms with Gasteiger partial charge in [-0.1, -0.05) is 12.1 Å². The van der Waals surface area contributed by atoms with Crippen molar-refractivity contribution in [2.24, 2.45) is 0 Å². The van der Waals surface area contributed by atoms with Gasteiger partial charge in [-0.05, 0) is 44.4 Å². The summed E-state index contributed by atoms with van der Waals surface area (Å²) in [6.07, 6.45) is 7.51. The molecule has 0 aliphatic carbocycles. The largest absolute Gasteiger partial charge is 0.354 e. The lowest BCUT2D eigenvalue weighted by molar-refractivity contribution is -0.134. The third-order valence-corrected chi connectivity index (χ3v) is 5.21. The van der Waals surface area contributed by atoms with Crippen molar-refractivity contribution in [2.45, 2.75) is 37.8 Å². The molecule has 24 heavy (non-hydrogen) atoms. The highest BCUT2D eigenvalue weighted by atomic mass is 19.1. The number of halogens is 1. The zero-order valence-electron chi connectivity index (χ0n) is 13.5. The monoisotopic (exact) mass is 328 g/mol. The third-order valence-electron chi connectivity index (χ3n) is 5.21. The van der Waals surface area contributed by atoms with E-state index >= 15 is 0 Å². The average Bonchev–Trinajstić information content (AvgIpc) is 3.20. The van der Waals surface area contributed by atoms with Crippen molar-refractivity contribution in [3.05, 3.63) is 48.0 Å². The summed E-state index contributed by atoms with van der Waals surface area (Å²) in [5, 5.41) is 7.31. The van der Waals surface area contributed by atoms with E-state index in [9.17, 15) is 9.18 Å². The summed E-state index contributed by atoms with van der Waals surface area (Å²) in [5.41, 5.74) is 1.08. The van der Waals surface area contributed by atoms with Gasteiger partial charge in [0.2, 0.25) is 5.91 Å². The van der Waals surface area contributed by atoms with Crippen LogP contribution in [0.15, 0.2) is 36.7 Å². The summed E-state index contributed by atoms with van der Waals surface area (Å²) in [6, 6.07) is 6.59. The Morgan fingerprint density at radius 3 is 2.92 bits per heavy atom. The summed E-state index contributed by atoms with van der Waals surface area (Å²) in [6.45, 7) is 2.36. The molecule has 4 rings (SSSR count). The Kier molecular flexibility index (Phi) is 3.84. The van der Waals surface area contributed by atoms with Crippen molar-refractivity contribution >= 4 is 5.91 Å².